The van der Waals surface area contributed by atoms with Gasteiger partial charge >= 0.3 is 0 Å². The molecule has 1 aromatic heterocycles. The van der Waals surface area contributed by atoms with Gasteiger partial charge in [-0.3, -0.25) is 9.89 Å². The number of aromatic nitrogens is 2. The standard InChI is InChI=1S/C17H21N3O3/c1-2-23-11-13-4-3-9-20(13)17(22)16-10-15(18-19-16)12-5-7-14(21)8-6-12/h5-8,10,13,21H,2-4,9,11H2,1H3,(H,18,19). The predicted octanol–water partition coefficient (Wildman–Crippen LogP) is 2.42. The molecule has 23 heavy (non-hydrogen) atoms. The van der Waals surface area contributed by atoms with E-state index in [1.807, 2.05) is 11.8 Å². The molecule has 122 valence electrons. The molecule has 0 spiro atoms. The Kier molecular flexibility index (Phi) is 4.62. The summed E-state index contributed by atoms with van der Waals surface area (Å²) in [5, 5.41) is 16.4. The molecule has 6 heteroatoms. The van der Waals surface area contributed by atoms with Crippen LogP contribution in [0.25, 0.3) is 11.3 Å². The van der Waals surface area contributed by atoms with Crippen molar-refractivity contribution in [2.24, 2.45) is 0 Å². The van der Waals surface area contributed by atoms with Gasteiger partial charge in [0.25, 0.3) is 5.91 Å². The topological polar surface area (TPSA) is 78.4 Å². The van der Waals surface area contributed by atoms with Crippen LogP contribution in [0.1, 0.15) is 30.3 Å². The first-order chi connectivity index (χ1) is 11.2. The summed E-state index contributed by atoms with van der Waals surface area (Å²) in [6.45, 7) is 3.96. The van der Waals surface area contributed by atoms with Crippen molar-refractivity contribution in [3.8, 4) is 17.0 Å². The molecule has 1 aromatic carbocycles. The predicted molar refractivity (Wildman–Crippen MR) is 86.2 cm³/mol. The van der Waals surface area contributed by atoms with E-state index in [1.54, 1.807) is 30.3 Å². The zero-order chi connectivity index (χ0) is 16.2. The monoisotopic (exact) mass is 315 g/mol. The number of hydrogen-bond acceptors (Lipinski definition) is 4. The lowest BCUT2D eigenvalue weighted by Crippen LogP contribution is -2.38. The van der Waals surface area contributed by atoms with Crippen LogP contribution in [0.15, 0.2) is 30.3 Å². The first-order valence-electron chi connectivity index (χ1n) is 7.92. The summed E-state index contributed by atoms with van der Waals surface area (Å²) in [7, 11) is 0. The number of benzene rings is 1. The number of aromatic hydroxyl groups is 1. The zero-order valence-electron chi connectivity index (χ0n) is 13.2. The molecule has 1 saturated heterocycles. The van der Waals surface area contributed by atoms with Crippen LogP contribution in [0.4, 0.5) is 0 Å². The Morgan fingerprint density at radius 3 is 2.96 bits per heavy atom. The molecule has 6 nitrogen and oxygen atoms in total. The van der Waals surface area contributed by atoms with Crippen molar-refractivity contribution in [2.75, 3.05) is 19.8 Å². The highest BCUT2D eigenvalue weighted by molar-refractivity contribution is 5.93. The van der Waals surface area contributed by atoms with Crippen molar-refractivity contribution in [1.29, 1.82) is 0 Å². The van der Waals surface area contributed by atoms with Gasteiger partial charge in [-0.2, -0.15) is 5.10 Å². The second-order valence-electron chi connectivity index (χ2n) is 5.67. The van der Waals surface area contributed by atoms with Crippen LogP contribution in [0, 0.1) is 0 Å². The van der Waals surface area contributed by atoms with E-state index in [9.17, 15) is 9.90 Å². The van der Waals surface area contributed by atoms with Gasteiger partial charge in [-0.25, -0.2) is 0 Å². The zero-order valence-corrected chi connectivity index (χ0v) is 13.2. The van der Waals surface area contributed by atoms with E-state index < -0.39 is 0 Å². The van der Waals surface area contributed by atoms with Gasteiger partial charge in [-0.1, -0.05) is 0 Å². The molecule has 0 aliphatic carbocycles. The third kappa shape index (κ3) is 3.37. The van der Waals surface area contributed by atoms with Gasteiger partial charge in [0.15, 0.2) is 0 Å². The number of ether oxygens (including phenoxy) is 1. The fourth-order valence-corrected chi connectivity index (χ4v) is 2.90. The number of H-pyrrole nitrogens is 1. The Morgan fingerprint density at radius 2 is 2.22 bits per heavy atom. The maximum atomic E-state index is 12.7. The third-order valence-corrected chi connectivity index (χ3v) is 4.12. The van der Waals surface area contributed by atoms with Gasteiger partial charge in [0.05, 0.1) is 18.3 Å². The summed E-state index contributed by atoms with van der Waals surface area (Å²) in [4.78, 5) is 14.5. The molecule has 2 aromatic rings. The second-order valence-corrected chi connectivity index (χ2v) is 5.67. The summed E-state index contributed by atoms with van der Waals surface area (Å²) < 4.78 is 5.48. The lowest BCUT2D eigenvalue weighted by molar-refractivity contribution is 0.0559. The Labute approximate surface area is 135 Å². The number of hydrogen-bond donors (Lipinski definition) is 2. The first kappa shape index (κ1) is 15.6. The number of carbonyl (C=O) groups is 1. The fraction of sp³-hybridized carbons (Fsp3) is 0.412. The van der Waals surface area contributed by atoms with E-state index in [-0.39, 0.29) is 17.7 Å². The summed E-state index contributed by atoms with van der Waals surface area (Å²) in [5.41, 5.74) is 2.02. The number of phenols is 1. The molecule has 0 saturated carbocycles. The average Bonchev–Trinajstić information content (AvgIpc) is 3.22. The van der Waals surface area contributed by atoms with Crippen molar-refractivity contribution >= 4 is 5.91 Å². The molecule has 3 rings (SSSR count). The third-order valence-electron chi connectivity index (χ3n) is 4.12. The van der Waals surface area contributed by atoms with E-state index in [2.05, 4.69) is 10.2 Å². The molecule has 1 amide bonds. The van der Waals surface area contributed by atoms with Crippen molar-refractivity contribution in [1.82, 2.24) is 15.1 Å². The summed E-state index contributed by atoms with van der Waals surface area (Å²) in [6, 6.07) is 8.64. The van der Waals surface area contributed by atoms with Crippen molar-refractivity contribution in [3.05, 3.63) is 36.0 Å². The number of carbonyl (C=O) groups excluding carboxylic acids is 1. The number of amides is 1. The first-order valence-corrected chi connectivity index (χ1v) is 7.92. The molecule has 0 bridgehead atoms. The molecule has 2 heterocycles. The highest BCUT2D eigenvalue weighted by atomic mass is 16.5. The largest absolute Gasteiger partial charge is 0.508 e. The van der Waals surface area contributed by atoms with Gasteiger partial charge < -0.3 is 14.7 Å². The molecular formula is C17H21N3O3. The number of nitrogens with one attached hydrogen (secondary N) is 1. The number of nitrogens with zero attached hydrogens (tertiary/aromatic N) is 2. The van der Waals surface area contributed by atoms with Gasteiger partial charge in [-0.15, -0.1) is 0 Å². The molecule has 1 atom stereocenters. The number of likely N-dealkylation sites (tertiary alicyclic amines) is 1. The second kappa shape index (κ2) is 6.83. The summed E-state index contributed by atoms with van der Waals surface area (Å²) in [5.74, 6) is 0.168. The van der Waals surface area contributed by atoms with Crippen LogP contribution in [0.2, 0.25) is 0 Å². The quantitative estimate of drug-likeness (QED) is 0.888. The van der Waals surface area contributed by atoms with Gasteiger partial charge in [-0.05, 0) is 50.1 Å². The van der Waals surface area contributed by atoms with Crippen molar-refractivity contribution in [3.63, 3.8) is 0 Å². The highest BCUT2D eigenvalue weighted by Gasteiger charge is 2.30. The van der Waals surface area contributed by atoms with E-state index in [0.29, 0.717) is 24.6 Å². The maximum Gasteiger partial charge on any atom is 0.272 e. The Hall–Kier alpha value is -2.34. The SMILES string of the molecule is CCOCC1CCCN1C(=O)c1cc(-c2ccc(O)cc2)n[nH]1. The smallest absolute Gasteiger partial charge is 0.272 e. The molecule has 1 unspecified atom stereocenters. The van der Waals surface area contributed by atoms with Crippen LogP contribution in [0.5, 0.6) is 5.75 Å². The highest BCUT2D eigenvalue weighted by Crippen LogP contribution is 2.23. The summed E-state index contributed by atoms with van der Waals surface area (Å²) >= 11 is 0. The van der Waals surface area contributed by atoms with Crippen LogP contribution >= 0.6 is 0 Å². The Bertz CT molecular complexity index is 666. The van der Waals surface area contributed by atoms with E-state index >= 15 is 0 Å². The van der Waals surface area contributed by atoms with E-state index in [4.69, 9.17) is 4.74 Å². The number of aromatic amines is 1. The minimum atomic E-state index is -0.0373. The van der Waals surface area contributed by atoms with Crippen molar-refractivity contribution < 1.29 is 14.6 Å². The van der Waals surface area contributed by atoms with Crippen molar-refractivity contribution in [2.45, 2.75) is 25.8 Å². The lowest BCUT2D eigenvalue weighted by Gasteiger charge is -2.23. The number of phenolic OH excluding ortho intramolecular Hbond substituents is 1. The molecule has 2 N–H and O–H groups in total. The van der Waals surface area contributed by atoms with E-state index in [0.717, 1.165) is 24.9 Å². The average molecular weight is 315 g/mol. The van der Waals surface area contributed by atoms with Gasteiger partial charge in [0, 0.05) is 18.7 Å². The molecule has 1 aliphatic heterocycles. The van der Waals surface area contributed by atoms with Gasteiger partial charge in [0.2, 0.25) is 0 Å². The van der Waals surface area contributed by atoms with Crippen LogP contribution in [-0.4, -0.2) is 51.9 Å². The lowest BCUT2D eigenvalue weighted by atomic mass is 10.1. The minimum absolute atomic E-state index is 0.0373. The van der Waals surface area contributed by atoms with Crippen LogP contribution in [-0.2, 0) is 4.74 Å². The van der Waals surface area contributed by atoms with Crippen LogP contribution in [0.3, 0.4) is 0 Å². The Morgan fingerprint density at radius 1 is 1.43 bits per heavy atom. The molecule has 1 aliphatic rings. The van der Waals surface area contributed by atoms with Gasteiger partial charge in [0.1, 0.15) is 11.4 Å². The Balaban J connectivity index is 1.74. The maximum absolute atomic E-state index is 12.7. The summed E-state index contributed by atoms with van der Waals surface area (Å²) in [6.07, 6.45) is 1.98. The fourth-order valence-electron chi connectivity index (χ4n) is 2.90. The minimum Gasteiger partial charge on any atom is -0.508 e. The number of rotatable bonds is 5. The molecule has 1 fully saturated rings. The van der Waals surface area contributed by atoms with E-state index in [1.165, 1.54) is 0 Å². The van der Waals surface area contributed by atoms with Crippen LogP contribution < -0.4 is 0 Å². The normalized spacial score (nSPS) is 17.6. The molecule has 0 radical (unpaired) electrons. The molecular weight excluding hydrogens is 294 g/mol.